The van der Waals surface area contributed by atoms with Crippen LogP contribution < -0.4 is 5.73 Å². The lowest BCUT2D eigenvalue weighted by atomic mass is 9.96. The molecule has 0 saturated carbocycles. The summed E-state index contributed by atoms with van der Waals surface area (Å²) < 4.78 is 0. The fourth-order valence-electron chi connectivity index (χ4n) is 2.45. The van der Waals surface area contributed by atoms with Gasteiger partial charge in [0.15, 0.2) is 0 Å². The van der Waals surface area contributed by atoms with Crippen LogP contribution in [0.25, 0.3) is 0 Å². The van der Waals surface area contributed by atoms with Crippen molar-refractivity contribution in [1.29, 1.82) is 0 Å². The molecule has 0 aromatic heterocycles. The molecule has 0 radical (unpaired) electrons. The van der Waals surface area contributed by atoms with Gasteiger partial charge >= 0.3 is 0 Å². The zero-order chi connectivity index (χ0) is 12.2. The molecule has 1 aliphatic heterocycles. The third kappa shape index (κ3) is 2.26. The van der Waals surface area contributed by atoms with Crippen molar-refractivity contribution in [1.82, 2.24) is 4.90 Å². The normalized spacial score (nSPS) is 24.6. The Morgan fingerprint density at radius 3 is 2.69 bits per heavy atom. The lowest BCUT2D eigenvalue weighted by molar-refractivity contribution is -0.137. The largest absolute Gasteiger partial charge is 0.329 e. The molecule has 2 atom stereocenters. The van der Waals surface area contributed by atoms with Crippen LogP contribution in [0.2, 0.25) is 0 Å². The molecule has 4 nitrogen and oxygen atoms in total. The van der Waals surface area contributed by atoms with Crippen molar-refractivity contribution in [3.63, 3.8) is 0 Å². The van der Waals surface area contributed by atoms with Gasteiger partial charge in [0.25, 0.3) is 0 Å². The number of aldehydes is 1. The molecule has 4 heteroatoms. The Bertz CT molecular complexity index is 262. The topological polar surface area (TPSA) is 63.4 Å². The van der Waals surface area contributed by atoms with Gasteiger partial charge in [-0.1, -0.05) is 20.3 Å². The Morgan fingerprint density at radius 1 is 1.56 bits per heavy atom. The van der Waals surface area contributed by atoms with Gasteiger partial charge in [0.2, 0.25) is 5.91 Å². The molecular formula is C12H22N2O2. The highest BCUT2D eigenvalue weighted by atomic mass is 16.2. The van der Waals surface area contributed by atoms with Crippen LogP contribution in [0, 0.1) is 5.92 Å². The maximum absolute atomic E-state index is 11.9. The average Bonchev–Trinajstić information content (AvgIpc) is 2.65. The van der Waals surface area contributed by atoms with Crippen molar-refractivity contribution in [3.05, 3.63) is 0 Å². The van der Waals surface area contributed by atoms with Crippen LogP contribution in [-0.4, -0.2) is 35.7 Å². The molecule has 1 heterocycles. The Morgan fingerprint density at radius 2 is 2.25 bits per heavy atom. The summed E-state index contributed by atoms with van der Waals surface area (Å²) in [4.78, 5) is 24.8. The van der Waals surface area contributed by atoms with Crippen LogP contribution >= 0.6 is 0 Å². The maximum Gasteiger partial charge on any atom is 0.223 e. The first-order valence-electron chi connectivity index (χ1n) is 6.10. The molecule has 0 bridgehead atoms. The molecule has 92 valence electrons. The Hall–Kier alpha value is -0.900. The van der Waals surface area contributed by atoms with Gasteiger partial charge in [-0.2, -0.15) is 0 Å². The quantitative estimate of drug-likeness (QED) is 0.686. The zero-order valence-electron chi connectivity index (χ0n) is 10.2. The first kappa shape index (κ1) is 13.2. The van der Waals surface area contributed by atoms with Gasteiger partial charge in [0.05, 0.1) is 0 Å². The molecule has 0 aromatic rings. The second kappa shape index (κ2) is 5.43. The third-order valence-electron chi connectivity index (χ3n) is 3.62. The number of hydrogen-bond acceptors (Lipinski definition) is 3. The van der Waals surface area contributed by atoms with Gasteiger partial charge in [0, 0.05) is 19.5 Å². The second-order valence-corrected chi connectivity index (χ2v) is 4.64. The molecule has 1 fully saturated rings. The third-order valence-corrected chi connectivity index (χ3v) is 3.62. The molecule has 0 unspecified atom stereocenters. The number of nitrogens with zero attached hydrogens (tertiary/aromatic N) is 1. The fourth-order valence-corrected chi connectivity index (χ4v) is 2.45. The highest BCUT2D eigenvalue weighted by Crippen LogP contribution is 2.29. The first-order chi connectivity index (χ1) is 7.63. The standard InChI is InChI=1S/C12H22N2O2/c1-3-5-10-6-11(16)14(7-10)12(4-2,8-13)9-15/h9-10H,3-8,13H2,1-2H3/t10-,12-/m0/s1. The molecule has 0 aliphatic carbocycles. The molecular weight excluding hydrogens is 204 g/mol. The number of likely N-dealkylation sites (tertiary alicyclic amines) is 1. The minimum Gasteiger partial charge on any atom is -0.329 e. The molecule has 16 heavy (non-hydrogen) atoms. The van der Waals surface area contributed by atoms with Gasteiger partial charge in [0.1, 0.15) is 11.8 Å². The van der Waals surface area contributed by atoms with Crippen LogP contribution in [-0.2, 0) is 9.59 Å². The van der Waals surface area contributed by atoms with Gasteiger partial charge in [-0.25, -0.2) is 0 Å². The van der Waals surface area contributed by atoms with Crippen molar-refractivity contribution in [2.24, 2.45) is 11.7 Å². The summed E-state index contributed by atoms with van der Waals surface area (Å²) in [6.45, 7) is 4.93. The molecule has 1 saturated heterocycles. The summed E-state index contributed by atoms with van der Waals surface area (Å²) in [5.41, 5.74) is 4.90. The van der Waals surface area contributed by atoms with Crippen LogP contribution in [0.1, 0.15) is 39.5 Å². The predicted octanol–water partition coefficient (Wildman–Crippen LogP) is 0.941. The van der Waals surface area contributed by atoms with Crippen molar-refractivity contribution in [2.45, 2.75) is 45.1 Å². The minimum absolute atomic E-state index is 0.0813. The number of rotatable bonds is 6. The number of carbonyl (C=O) groups excluding carboxylic acids is 2. The van der Waals surface area contributed by atoms with Gasteiger partial charge in [-0.3, -0.25) is 4.79 Å². The Kier molecular flexibility index (Phi) is 4.47. The SMILES string of the molecule is CCC[C@H]1CC(=O)N([C@@](C=O)(CC)CN)C1. The first-order valence-corrected chi connectivity index (χ1v) is 6.10. The second-order valence-electron chi connectivity index (χ2n) is 4.64. The van der Waals surface area contributed by atoms with E-state index in [0.29, 0.717) is 25.3 Å². The number of amides is 1. The molecule has 2 N–H and O–H groups in total. The molecule has 0 spiro atoms. The van der Waals surface area contributed by atoms with Crippen molar-refractivity contribution >= 4 is 12.2 Å². The van der Waals surface area contributed by atoms with Gasteiger partial charge in [-0.15, -0.1) is 0 Å². The molecule has 1 amide bonds. The van der Waals surface area contributed by atoms with E-state index in [0.717, 1.165) is 19.1 Å². The van der Waals surface area contributed by atoms with E-state index in [9.17, 15) is 9.59 Å². The van der Waals surface area contributed by atoms with Crippen LogP contribution in [0.3, 0.4) is 0 Å². The number of hydrogen-bond donors (Lipinski definition) is 1. The molecule has 1 rings (SSSR count). The highest BCUT2D eigenvalue weighted by Gasteiger charge is 2.42. The monoisotopic (exact) mass is 226 g/mol. The van der Waals surface area contributed by atoms with E-state index in [-0.39, 0.29) is 12.5 Å². The number of nitrogens with two attached hydrogens (primary N) is 1. The molecule has 1 aliphatic rings. The van der Waals surface area contributed by atoms with E-state index in [2.05, 4.69) is 6.92 Å². The van der Waals surface area contributed by atoms with Crippen LogP contribution in [0.4, 0.5) is 0 Å². The van der Waals surface area contributed by atoms with E-state index in [1.165, 1.54) is 0 Å². The van der Waals surface area contributed by atoms with E-state index >= 15 is 0 Å². The van der Waals surface area contributed by atoms with Crippen LogP contribution in [0.15, 0.2) is 0 Å². The Labute approximate surface area is 97.2 Å². The summed E-state index contributed by atoms with van der Waals surface area (Å²) in [6.07, 6.45) is 4.14. The zero-order valence-corrected chi connectivity index (χ0v) is 10.2. The fraction of sp³-hybridized carbons (Fsp3) is 0.833. The summed E-state index contributed by atoms with van der Waals surface area (Å²) in [7, 11) is 0. The van der Waals surface area contributed by atoms with E-state index < -0.39 is 5.54 Å². The van der Waals surface area contributed by atoms with Crippen molar-refractivity contribution in [2.75, 3.05) is 13.1 Å². The summed E-state index contributed by atoms with van der Waals surface area (Å²) in [6, 6.07) is 0. The summed E-state index contributed by atoms with van der Waals surface area (Å²) in [5, 5.41) is 0. The predicted molar refractivity (Wildman–Crippen MR) is 62.9 cm³/mol. The van der Waals surface area contributed by atoms with Gasteiger partial charge < -0.3 is 15.4 Å². The van der Waals surface area contributed by atoms with Crippen molar-refractivity contribution < 1.29 is 9.59 Å². The van der Waals surface area contributed by atoms with E-state index in [1.54, 1.807) is 4.90 Å². The van der Waals surface area contributed by atoms with Crippen molar-refractivity contribution in [3.8, 4) is 0 Å². The lowest BCUT2D eigenvalue weighted by Crippen LogP contribution is -2.55. The van der Waals surface area contributed by atoms with Crippen LogP contribution in [0.5, 0.6) is 0 Å². The molecule has 0 aromatic carbocycles. The van der Waals surface area contributed by atoms with E-state index in [4.69, 9.17) is 5.73 Å². The summed E-state index contributed by atoms with van der Waals surface area (Å²) in [5.74, 6) is 0.479. The van der Waals surface area contributed by atoms with E-state index in [1.807, 2.05) is 6.92 Å². The number of carbonyl (C=O) groups is 2. The Balaban J connectivity index is 2.79. The average molecular weight is 226 g/mol. The lowest BCUT2D eigenvalue weighted by Gasteiger charge is -2.35. The maximum atomic E-state index is 11.9. The minimum atomic E-state index is -0.764. The summed E-state index contributed by atoms with van der Waals surface area (Å²) >= 11 is 0. The van der Waals surface area contributed by atoms with Gasteiger partial charge in [-0.05, 0) is 18.8 Å². The highest BCUT2D eigenvalue weighted by molar-refractivity contribution is 5.84. The smallest absolute Gasteiger partial charge is 0.223 e.